The summed E-state index contributed by atoms with van der Waals surface area (Å²) in [6.45, 7) is 1.61. The normalized spacial score (nSPS) is 10.5. The van der Waals surface area contributed by atoms with E-state index in [2.05, 4.69) is 36.6 Å². The minimum Gasteiger partial charge on any atom is -0.508 e. The number of hydrogen-bond donors (Lipinski definition) is 3. The maximum Gasteiger partial charge on any atom is 0.338 e. The predicted octanol–water partition coefficient (Wildman–Crippen LogP) is 3.66. The summed E-state index contributed by atoms with van der Waals surface area (Å²) in [6.07, 6.45) is 0. The van der Waals surface area contributed by atoms with Gasteiger partial charge in [-0.05, 0) is 50.4 Å². The molecule has 0 saturated heterocycles. The highest BCUT2D eigenvalue weighted by Gasteiger charge is 2.31. The molecule has 0 radical (unpaired) electrons. The number of phenolic OH excluding ortho intramolecular Hbond substituents is 3. The Kier molecular flexibility index (Phi) is 5.82. The van der Waals surface area contributed by atoms with Crippen molar-refractivity contribution < 1.29 is 34.4 Å². The molecule has 2 rings (SSSR count). The number of phenols is 3. The Labute approximate surface area is 165 Å². The van der Waals surface area contributed by atoms with E-state index in [4.69, 9.17) is 4.74 Å². The van der Waals surface area contributed by atoms with Crippen molar-refractivity contribution in [2.24, 2.45) is 0 Å². The van der Waals surface area contributed by atoms with Gasteiger partial charge in [0.05, 0.1) is 34.3 Å². The Morgan fingerprint density at radius 1 is 0.962 bits per heavy atom. The molecule has 3 N–H and O–H groups in total. The minimum absolute atomic E-state index is 0.123. The number of ether oxygens (including phenoxy) is 2. The van der Waals surface area contributed by atoms with Crippen LogP contribution in [-0.2, 0) is 4.74 Å². The van der Waals surface area contributed by atoms with E-state index in [9.17, 15) is 24.9 Å². The molecule has 26 heavy (non-hydrogen) atoms. The van der Waals surface area contributed by atoms with Crippen LogP contribution in [0.1, 0.15) is 31.8 Å². The van der Waals surface area contributed by atoms with Crippen LogP contribution >= 0.6 is 31.9 Å². The third kappa shape index (κ3) is 3.24. The third-order valence-electron chi connectivity index (χ3n) is 3.71. The average molecular weight is 490 g/mol. The Bertz CT molecular complexity index is 893. The molecule has 0 aliphatic carbocycles. The van der Waals surface area contributed by atoms with E-state index in [0.29, 0.717) is 5.56 Å². The summed E-state index contributed by atoms with van der Waals surface area (Å²) in [5.74, 6) is -3.23. The summed E-state index contributed by atoms with van der Waals surface area (Å²) in [6, 6.07) is 2.17. The molecule has 9 heteroatoms. The Morgan fingerprint density at radius 2 is 1.50 bits per heavy atom. The Hall–Kier alpha value is -2.26. The molecule has 0 spiro atoms. The molecule has 0 unspecified atom stereocenters. The predicted molar refractivity (Wildman–Crippen MR) is 99.3 cm³/mol. The lowest BCUT2D eigenvalue weighted by Gasteiger charge is -2.16. The largest absolute Gasteiger partial charge is 0.508 e. The van der Waals surface area contributed by atoms with Crippen LogP contribution in [-0.4, -0.2) is 41.3 Å². The van der Waals surface area contributed by atoms with Gasteiger partial charge in [-0.1, -0.05) is 0 Å². The number of methoxy groups -OCH3 is 2. The first kappa shape index (κ1) is 20.1. The lowest BCUT2D eigenvalue weighted by atomic mass is 9.95. The Balaban J connectivity index is 2.86. The van der Waals surface area contributed by atoms with Crippen LogP contribution in [0.4, 0.5) is 0 Å². The van der Waals surface area contributed by atoms with Gasteiger partial charge in [0.1, 0.15) is 28.6 Å². The molecule has 0 saturated carbocycles. The van der Waals surface area contributed by atoms with Crippen molar-refractivity contribution in [2.75, 3.05) is 14.2 Å². The lowest BCUT2D eigenvalue weighted by molar-refractivity contribution is 0.0596. The van der Waals surface area contributed by atoms with Crippen LogP contribution in [0, 0.1) is 6.92 Å². The van der Waals surface area contributed by atoms with Crippen LogP contribution in [0.15, 0.2) is 21.1 Å². The SMILES string of the molecule is COC(=O)c1cc(O)cc(OC)c1C(=O)c1c(O)c(Br)c(C)c(Br)c1O. The van der Waals surface area contributed by atoms with Crippen molar-refractivity contribution >= 4 is 43.6 Å². The van der Waals surface area contributed by atoms with Crippen molar-refractivity contribution in [2.45, 2.75) is 6.92 Å². The number of halogens is 2. The topological polar surface area (TPSA) is 113 Å². The van der Waals surface area contributed by atoms with E-state index in [-0.39, 0.29) is 31.6 Å². The molecule has 0 fully saturated rings. The second-order valence-corrected chi connectivity index (χ2v) is 6.80. The maximum atomic E-state index is 13.1. The maximum absolute atomic E-state index is 13.1. The molecule has 0 aliphatic heterocycles. The summed E-state index contributed by atoms with van der Waals surface area (Å²) in [7, 11) is 2.36. The molecule has 0 atom stereocenters. The van der Waals surface area contributed by atoms with Crippen LogP contribution in [0.25, 0.3) is 0 Å². The van der Waals surface area contributed by atoms with Crippen LogP contribution in [0.2, 0.25) is 0 Å². The van der Waals surface area contributed by atoms with Crippen molar-refractivity contribution in [3.63, 3.8) is 0 Å². The van der Waals surface area contributed by atoms with E-state index < -0.39 is 28.8 Å². The summed E-state index contributed by atoms with van der Waals surface area (Å²) in [5.41, 5.74) is -0.516. The fourth-order valence-corrected chi connectivity index (χ4v) is 3.45. The molecular formula is C17H14Br2O7. The molecule has 0 aliphatic rings. The number of rotatable bonds is 4. The number of esters is 1. The zero-order valence-corrected chi connectivity index (χ0v) is 17.1. The van der Waals surface area contributed by atoms with Crippen LogP contribution in [0.3, 0.4) is 0 Å². The average Bonchev–Trinajstić information content (AvgIpc) is 2.63. The minimum atomic E-state index is -0.897. The molecule has 0 aromatic heterocycles. The molecule has 138 valence electrons. The first-order chi connectivity index (χ1) is 12.1. The smallest absolute Gasteiger partial charge is 0.338 e. The fraction of sp³-hybridized carbons (Fsp3) is 0.176. The highest BCUT2D eigenvalue weighted by molar-refractivity contribution is 9.11. The van der Waals surface area contributed by atoms with Gasteiger partial charge in [0.2, 0.25) is 5.78 Å². The number of hydrogen-bond acceptors (Lipinski definition) is 7. The van der Waals surface area contributed by atoms with Gasteiger partial charge >= 0.3 is 5.97 Å². The van der Waals surface area contributed by atoms with Gasteiger partial charge in [0.15, 0.2) is 0 Å². The number of aromatic hydroxyl groups is 3. The monoisotopic (exact) mass is 488 g/mol. The Morgan fingerprint density at radius 3 is 1.96 bits per heavy atom. The second kappa shape index (κ2) is 7.55. The summed E-state index contributed by atoms with van der Waals surface area (Å²) >= 11 is 6.32. The molecular weight excluding hydrogens is 476 g/mol. The van der Waals surface area contributed by atoms with Gasteiger partial charge in [-0.15, -0.1) is 0 Å². The van der Waals surface area contributed by atoms with Crippen molar-refractivity contribution in [1.29, 1.82) is 0 Å². The van der Waals surface area contributed by atoms with Crippen LogP contribution in [0.5, 0.6) is 23.0 Å². The first-order valence-electron chi connectivity index (χ1n) is 7.09. The number of carbonyl (C=O) groups excluding carboxylic acids is 2. The van der Waals surface area contributed by atoms with E-state index >= 15 is 0 Å². The zero-order valence-electron chi connectivity index (χ0n) is 13.9. The molecule has 0 heterocycles. The quantitative estimate of drug-likeness (QED) is 0.443. The number of carbonyl (C=O) groups is 2. The number of benzene rings is 2. The van der Waals surface area contributed by atoms with Gasteiger partial charge in [-0.2, -0.15) is 0 Å². The second-order valence-electron chi connectivity index (χ2n) is 5.22. The van der Waals surface area contributed by atoms with Crippen molar-refractivity contribution in [3.05, 3.63) is 43.3 Å². The summed E-state index contributed by atoms with van der Waals surface area (Å²) < 4.78 is 10.1. The van der Waals surface area contributed by atoms with Gasteiger partial charge in [0.25, 0.3) is 0 Å². The number of ketones is 1. The molecule has 7 nitrogen and oxygen atoms in total. The van der Waals surface area contributed by atoms with Gasteiger partial charge < -0.3 is 24.8 Å². The first-order valence-corrected chi connectivity index (χ1v) is 8.67. The zero-order chi connectivity index (χ0) is 19.8. The molecule has 0 amide bonds. The lowest BCUT2D eigenvalue weighted by Crippen LogP contribution is -2.14. The van der Waals surface area contributed by atoms with E-state index in [1.165, 1.54) is 7.11 Å². The fourth-order valence-electron chi connectivity index (χ4n) is 2.39. The van der Waals surface area contributed by atoms with Gasteiger partial charge in [-0.25, -0.2) is 4.79 Å². The van der Waals surface area contributed by atoms with Gasteiger partial charge in [-0.3, -0.25) is 4.79 Å². The van der Waals surface area contributed by atoms with Crippen LogP contribution < -0.4 is 4.74 Å². The highest BCUT2D eigenvalue weighted by Crippen LogP contribution is 2.45. The third-order valence-corrected chi connectivity index (χ3v) is 5.65. The highest BCUT2D eigenvalue weighted by atomic mass is 79.9. The standard InChI is InChI=1S/C17H14Br2O7/c1-6-12(18)15(22)11(16(23)13(6)19)14(21)10-8(17(24)26-3)4-7(20)5-9(10)25-2/h4-5,20,22-23H,1-3H3. The van der Waals surface area contributed by atoms with Crippen molar-refractivity contribution in [3.8, 4) is 23.0 Å². The van der Waals surface area contributed by atoms with E-state index in [1.54, 1.807) is 6.92 Å². The summed E-state index contributed by atoms with van der Waals surface area (Å²) in [5, 5.41) is 30.5. The van der Waals surface area contributed by atoms with E-state index in [1.807, 2.05) is 0 Å². The molecule has 2 aromatic carbocycles. The van der Waals surface area contributed by atoms with Crippen molar-refractivity contribution in [1.82, 2.24) is 0 Å². The van der Waals surface area contributed by atoms with Gasteiger partial charge in [0, 0.05) is 6.07 Å². The molecule has 2 aromatic rings. The van der Waals surface area contributed by atoms with E-state index in [0.717, 1.165) is 19.2 Å². The molecule has 0 bridgehead atoms. The summed E-state index contributed by atoms with van der Waals surface area (Å²) in [4.78, 5) is 25.2.